The Morgan fingerprint density at radius 2 is 2.06 bits per heavy atom. The summed E-state index contributed by atoms with van der Waals surface area (Å²) >= 11 is 0. The van der Waals surface area contributed by atoms with Crippen LogP contribution in [-0.2, 0) is 0 Å². The first-order valence-corrected chi connectivity index (χ1v) is 5.10. The van der Waals surface area contributed by atoms with Gasteiger partial charge in [0.15, 0.2) is 0 Å². The summed E-state index contributed by atoms with van der Waals surface area (Å²) in [6.07, 6.45) is 3.04. The number of aromatic nitrogens is 3. The van der Waals surface area contributed by atoms with Gasteiger partial charge >= 0.3 is 11.8 Å². The molecule has 7 N–H and O–H groups in total. The van der Waals surface area contributed by atoms with Crippen LogP contribution >= 0.6 is 0 Å². The van der Waals surface area contributed by atoms with Crippen LogP contribution in [0.1, 0.15) is 21.0 Å². The first kappa shape index (κ1) is 11.7. The van der Waals surface area contributed by atoms with Crippen molar-refractivity contribution in [3.63, 3.8) is 0 Å². The summed E-state index contributed by atoms with van der Waals surface area (Å²) in [5.41, 5.74) is 2.10. The number of nitrogens with two attached hydrogens (primary N) is 1. The molecule has 8 heteroatoms. The van der Waals surface area contributed by atoms with Crippen LogP contribution < -0.4 is 26.6 Å². The zero-order chi connectivity index (χ0) is 13.0. The van der Waals surface area contributed by atoms with Crippen molar-refractivity contribution in [3.05, 3.63) is 42.1 Å². The Hall–Kier alpha value is -2.74. The minimum Gasteiger partial charge on any atom is -0.287 e. The molecule has 2 aromatic heterocycles. The van der Waals surface area contributed by atoms with E-state index in [1.54, 1.807) is 24.4 Å². The van der Waals surface area contributed by atoms with Gasteiger partial charge < -0.3 is 0 Å². The van der Waals surface area contributed by atoms with E-state index < -0.39 is 11.8 Å². The lowest BCUT2D eigenvalue weighted by atomic mass is 10.3. The Bertz CT molecular complexity index is 565. The lowest BCUT2D eigenvalue weighted by Crippen LogP contribution is -2.35. The molecule has 0 fully saturated rings. The molecule has 0 atom stereocenters. The fraction of sp³-hybridized carbons (Fsp3) is 0. The fourth-order valence-corrected chi connectivity index (χ4v) is 1.41. The largest absolute Gasteiger partial charge is 0.383 e. The maximum Gasteiger partial charge on any atom is 0.383 e. The molecule has 2 aromatic rings. The molecule has 0 aromatic carbocycles. The number of carbonyl (C=O) groups is 2. The second-order valence-electron chi connectivity index (χ2n) is 3.39. The van der Waals surface area contributed by atoms with Gasteiger partial charge in [-0.25, -0.2) is 30.9 Å². The van der Waals surface area contributed by atoms with Crippen LogP contribution in [0.25, 0.3) is 0 Å². The van der Waals surface area contributed by atoms with Crippen molar-refractivity contribution >= 4 is 17.6 Å². The van der Waals surface area contributed by atoms with E-state index >= 15 is 0 Å². The van der Waals surface area contributed by atoms with Gasteiger partial charge in [-0.05, 0) is 6.07 Å². The fourth-order valence-electron chi connectivity index (χ4n) is 1.41. The number of H-pyrrole nitrogens is 3. The summed E-state index contributed by atoms with van der Waals surface area (Å²) in [5.74, 6) is 4.48. The number of pyridine rings is 1. The third-order valence-corrected chi connectivity index (χ3v) is 2.23. The van der Waals surface area contributed by atoms with Gasteiger partial charge in [0.25, 0.3) is 11.5 Å². The van der Waals surface area contributed by atoms with E-state index in [1.165, 1.54) is 6.33 Å². The number of hydrazine groups is 1. The number of hydrogen-bond donors (Lipinski definition) is 4. The molecular weight excluding hydrogens is 236 g/mol. The zero-order valence-electron chi connectivity index (χ0n) is 9.28. The highest BCUT2D eigenvalue weighted by molar-refractivity contribution is 6.08. The van der Waals surface area contributed by atoms with E-state index in [0.29, 0.717) is 5.82 Å². The van der Waals surface area contributed by atoms with Gasteiger partial charge in [0.1, 0.15) is 0 Å². The zero-order valence-corrected chi connectivity index (χ0v) is 9.28. The molecule has 0 aliphatic heterocycles. The van der Waals surface area contributed by atoms with Crippen LogP contribution in [0.2, 0.25) is 0 Å². The van der Waals surface area contributed by atoms with Crippen molar-refractivity contribution in [1.29, 1.82) is 0 Å². The van der Waals surface area contributed by atoms with Gasteiger partial charge in [0.2, 0.25) is 12.0 Å². The lowest BCUT2D eigenvalue weighted by Gasteiger charge is -1.95. The Kier molecular flexibility index (Phi) is 3.30. The highest BCUT2D eigenvalue weighted by Crippen LogP contribution is 2.03. The maximum absolute atomic E-state index is 11.9. The number of anilines is 1. The minimum absolute atomic E-state index is 0.0610. The molecule has 0 bridgehead atoms. The number of rotatable bonds is 3. The average Bonchev–Trinajstić information content (AvgIpc) is 2.88. The number of carbonyl (C=O) groups excluding carboxylic acids is 2. The first-order valence-electron chi connectivity index (χ1n) is 5.10. The Balaban J connectivity index is 2.20. The molecule has 8 nitrogen and oxygen atoms in total. The van der Waals surface area contributed by atoms with Crippen molar-refractivity contribution in [2.24, 2.45) is 5.84 Å². The molecule has 0 radical (unpaired) electrons. The van der Waals surface area contributed by atoms with E-state index in [4.69, 9.17) is 5.84 Å². The van der Waals surface area contributed by atoms with Gasteiger partial charge in [-0.1, -0.05) is 6.07 Å². The highest BCUT2D eigenvalue weighted by atomic mass is 16.2. The molecule has 0 saturated carbocycles. The molecule has 0 spiro atoms. The molecule has 92 valence electrons. The Morgan fingerprint density at radius 3 is 2.72 bits per heavy atom. The molecule has 2 amide bonds. The van der Waals surface area contributed by atoms with Gasteiger partial charge in [0, 0.05) is 6.07 Å². The molecular formula is C10H12N6O2+2. The predicted molar refractivity (Wildman–Crippen MR) is 60.0 cm³/mol. The Labute approximate surface area is 102 Å². The molecule has 0 aliphatic rings. The molecule has 2 rings (SSSR count). The van der Waals surface area contributed by atoms with Crippen LogP contribution in [0, 0.1) is 0 Å². The number of nitrogen functional groups attached to an aromatic ring is 1. The Morgan fingerprint density at radius 1 is 1.22 bits per heavy atom. The average molecular weight is 248 g/mol. The second kappa shape index (κ2) is 5.06. The first-order chi connectivity index (χ1) is 8.72. The molecule has 0 unspecified atom stereocenters. The van der Waals surface area contributed by atoms with Crippen molar-refractivity contribution in [3.8, 4) is 0 Å². The quantitative estimate of drug-likeness (QED) is 0.299. The number of hydrogen-bond acceptors (Lipinski definition) is 3. The van der Waals surface area contributed by atoms with Crippen LogP contribution in [0.15, 0.2) is 30.7 Å². The summed E-state index contributed by atoms with van der Waals surface area (Å²) in [4.78, 5) is 31.4. The van der Waals surface area contributed by atoms with Crippen LogP contribution in [0.5, 0.6) is 0 Å². The summed E-state index contributed by atoms with van der Waals surface area (Å²) in [6.45, 7) is 0. The van der Waals surface area contributed by atoms with E-state index in [0.717, 1.165) is 0 Å². The standard InChI is InChI=1S/C10H10N6O2/c11-16-10(18)8-7(13-5-14-8)9(17)15-6-3-1-2-4-12-6/h1-5H,11H2,(H,13,14)(H,16,18)(H,12,15,17)/p+2. The van der Waals surface area contributed by atoms with Crippen molar-refractivity contribution in [2.75, 3.05) is 5.32 Å². The molecule has 0 saturated heterocycles. The van der Waals surface area contributed by atoms with E-state index in [-0.39, 0.29) is 11.4 Å². The molecule has 18 heavy (non-hydrogen) atoms. The van der Waals surface area contributed by atoms with Gasteiger partial charge in [-0.15, -0.1) is 0 Å². The van der Waals surface area contributed by atoms with E-state index in [2.05, 4.69) is 20.3 Å². The summed E-state index contributed by atoms with van der Waals surface area (Å²) in [7, 11) is 0. The third-order valence-electron chi connectivity index (χ3n) is 2.23. The van der Waals surface area contributed by atoms with Crippen LogP contribution in [0.4, 0.5) is 5.82 Å². The normalized spacial score (nSPS) is 9.83. The summed E-state index contributed by atoms with van der Waals surface area (Å²) < 4.78 is 0. The lowest BCUT2D eigenvalue weighted by molar-refractivity contribution is -0.379. The monoisotopic (exact) mass is 248 g/mol. The van der Waals surface area contributed by atoms with Gasteiger partial charge in [0.05, 0.1) is 6.20 Å². The second-order valence-corrected chi connectivity index (χ2v) is 3.39. The van der Waals surface area contributed by atoms with Crippen LogP contribution in [-0.4, -0.2) is 16.8 Å². The topological polar surface area (TPSA) is 128 Å². The third kappa shape index (κ3) is 2.33. The summed E-state index contributed by atoms with van der Waals surface area (Å²) in [6, 6.07) is 5.24. The van der Waals surface area contributed by atoms with Crippen molar-refractivity contribution < 1.29 is 19.6 Å². The molecule has 2 heterocycles. The van der Waals surface area contributed by atoms with Crippen molar-refractivity contribution in [1.82, 2.24) is 10.4 Å². The van der Waals surface area contributed by atoms with Gasteiger partial charge in [-0.3, -0.25) is 10.2 Å². The van der Waals surface area contributed by atoms with Crippen LogP contribution in [0.3, 0.4) is 0 Å². The SMILES string of the molecule is NNC(=O)c1[nH+]c[nH]c1C(=O)Nc1cccc[nH+]1. The number of imidazole rings is 1. The highest BCUT2D eigenvalue weighted by Gasteiger charge is 2.28. The van der Waals surface area contributed by atoms with E-state index in [1.807, 2.05) is 5.43 Å². The van der Waals surface area contributed by atoms with Gasteiger partial charge in [-0.2, -0.15) is 0 Å². The predicted octanol–water partition coefficient (Wildman–Crippen LogP) is -1.50. The molecule has 0 aliphatic carbocycles. The maximum atomic E-state index is 11.9. The smallest absolute Gasteiger partial charge is 0.287 e. The minimum atomic E-state index is -0.585. The van der Waals surface area contributed by atoms with Crippen molar-refractivity contribution in [2.45, 2.75) is 0 Å². The number of amides is 2. The number of nitrogens with one attached hydrogen (secondary N) is 5. The number of aromatic amines is 3. The van der Waals surface area contributed by atoms with E-state index in [9.17, 15) is 9.59 Å². The summed E-state index contributed by atoms with van der Waals surface area (Å²) in [5, 5.41) is 2.60.